The summed E-state index contributed by atoms with van der Waals surface area (Å²) in [6.07, 6.45) is 3.77. The molecular formula is C15H22N4S. The van der Waals surface area contributed by atoms with Crippen LogP contribution in [-0.2, 0) is 13.0 Å². The highest BCUT2D eigenvalue weighted by Gasteiger charge is 2.08. The Kier molecular flexibility index (Phi) is 5.35. The van der Waals surface area contributed by atoms with Crippen molar-refractivity contribution >= 4 is 23.0 Å². The lowest BCUT2D eigenvalue weighted by molar-refractivity contribution is 0.957. The summed E-state index contributed by atoms with van der Waals surface area (Å²) in [5.41, 5.74) is 2.49. The van der Waals surface area contributed by atoms with E-state index >= 15 is 0 Å². The SMILES string of the molecule is CCCNc1ncnc(NCc2sccc2CC)c1C. The van der Waals surface area contributed by atoms with Crippen molar-refractivity contribution in [2.75, 3.05) is 17.2 Å². The van der Waals surface area contributed by atoms with Gasteiger partial charge in [-0.25, -0.2) is 9.97 Å². The fourth-order valence-corrected chi connectivity index (χ4v) is 2.97. The fourth-order valence-electron chi connectivity index (χ4n) is 2.05. The molecule has 0 unspecified atom stereocenters. The molecule has 0 aliphatic rings. The fraction of sp³-hybridized carbons (Fsp3) is 0.467. The standard InChI is InChI=1S/C15H22N4S/c1-4-7-16-14-11(3)15(19-10-18-14)17-9-13-12(5-2)6-8-20-13/h6,8,10H,4-5,7,9H2,1-3H3,(H2,16,17,18,19). The molecule has 20 heavy (non-hydrogen) atoms. The first-order chi connectivity index (χ1) is 9.76. The Bertz CT molecular complexity index is 551. The highest BCUT2D eigenvalue weighted by atomic mass is 32.1. The van der Waals surface area contributed by atoms with Gasteiger partial charge in [-0.1, -0.05) is 13.8 Å². The summed E-state index contributed by atoms with van der Waals surface area (Å²) in [6.45, 7) is 8.14. The predicted molar refractivity (Wildman–Crippen MR) is 86.6 cm³/mol. The summed E-state index contributed by atoms with van der Waals surface area (Å²) in [5, 5.41) is 8.91. The van der Waals surface area contributed by atoms with E-state index in [2.05, 4.69) is 52.8 Å². The Morgan fingerprint density at radius 2 is 1.90 bits per heavy atom. The number of hydrogen-bond acceptors (Lipinski definition) is 5. The van der Waals surface area contributed by atoms with Crippen molar-refractivity contribution in [3.8, 4) is 0 Å². The molecular weight excluding hydrogens is 268 g/mol. The third-order valence-electron chi connectivity index (χ3n) is 3.26. The van der Waals surface area contributed by atoms with Crippen molar-refractivity contribution in [3.05, 3.63) is 33.8 Å². The van der Waals surface area contributed by atoms with E-state index in [-0.39, 0.29) is 0 Å². The Morgan fingerprint density at radius 3 is 2.60 bits per heavy atom. The van der Waals surface area contributed by atoms with Gasteiger partial charge in [0.2, 0.25) is 0 Å². The third-order valence-corrected chi connectivity index (χ3v) is 4.22. The second-order valence-electron chi connectivity index (χ2n) is 4.70. The number of thiophene rings is 1. The molecule has 4 nitrogen and oxygen atoms in total. The number of hydrogen-bond donors (Lipinski definition) is 2. The van der Waals surface area contributed by atoms with Crippen LogP contribution in [0.1, 0.15) is 36.3 Å². The van der Waals surface area contributed by atoms with Gasteiger partial charge in [0, 0.05) is 17.0 Å². The van der Waals surface area contributed by atoms with Gasteiger partial charge < -0.3 is 10.6 Å². The molecule has 5 heteroatoms. The van der Waals surface area contributed by atoms with Gasteiger partial charge in [0.05, 0.1) is 6.54 Å². The summed E-state index contributed by atoms with van der Waals surface area (Å²) < 4.78 is 0. The molecule has 2 heterocycles. The summed E-state index contributed by atoms with van der Waals surface area (Å²) in [4.78, 5) is 10.0. The maximum atomic E-state index is 4.34. The summed E-state index contributed by atoms with van der Waals surface area (Å²) >= 11 is 1.80. The minimum Gasteiger partial charge on any atom is -0.370 e. The first-order valence-electron chi connectivity index (χ1n) is 7.10. The van der Waals surface area contributed by atoms with E-state index < -0.39 is 0 Å². The monoisotopic (exact) mass is 290 g/mol. The molecule has 2 rings (SSSR count). The summed E-state index contributed by atoms with van der Waals surface area (Å²) in [7, 11) is 0. The molecule has 0 atom stereocenters. The Morgan fingerprint density at radius 1 is 1.15 bits per heavy atom. The molecule has 0 aliphatic carbocycles. The maximum absolute atomic E-state index is 4.34. The van der Waals surface area contributed by atoms with Gasteiger partial charge in [-0.2, -0.15) is 0 Å². The zero-order chi connectivity index (χ0) is 14.4. The molecule has 0 radical (unpaired) electrons. The largest absolute Gasteiger partial charge is 0.370 e. The zero-order valence-corrected chi connectivity index (χ0v) is 13.2. The van der Waals surface area contributed by atoms with Gasteiger partial charge in [0.1, 0.15) is 18.0 Å². The average Bonchev–Trinajstić information content (AvgIpc) is 2.92. The van der Waals surface area contributed by atoms with E-state index in [1.807, 2.05) is 0 Å². The quantitative estimate of drug-likeness (QED) is 0.813. The molecule has 0 saturated heterocycles. The second-order valence-corrected chi connectivity index (χ2v) is 5.70. The first kappa shape index (κ1) is 14.8. The van der Waals surface area contributed by atoms with Gasteiger partial charge in [-0.3, -0.25) is 0 Å². The summed E-state index contributed by atoms with van der Waals surface area (Å²) in [6, 6.07) is 2.20. The number of nitrogens with one attached hydrogen (secondary N) is 2. The van der Waals surface area contributed by atoms with Crippen LogP contribution < -0.4 is 10.6 Å². The normalized spacial score (nSPS) is 10.6. The van der Waals surface area contributed by atoms with Crippen molar-refractivity contribution in [1.29, 1.82) is 0 Å². The first-order valence-corrected chi connectivity index (χ1v) is 7.98. The molecule has 2 aromatic rings. The Hall–Kier alpha value is -1.62. The average molecular weight is 290 g/mol. The van der Waals surface area contributed by atoms with Gasteiger partial charge in [-0.15, -0.1) is 11.3 Å². The van der Waals surface area contributed by atoms with Crippen LogP contribution in [0.2, 0.25) is 0 Å². The second kappa shape index (κ2) is 7.24. The molecule has 0 saturated carbocycles. The number of aromatic nitrogens is 2. The molecule has 0 bridgehead atoms. The molecule has 0 amide bonds. The van der Waals surface area contributed by atoms with Crippen molar-refractivity contribution in [2.24, 2.45) is 0 Å². The van der Waals surface area contributed by atoms with Crippen molar-refractivity contribution < 1.29 is 0 Å². The highest BCUT2D eigenvalue weighted by molar-refractivity contribution is 7.10. The van der Waals surface area contributed by atoms with E-state index in [4.69, 9.17) is 0 Å². The van der Waals surface area contributed by atoms with Crippen LogP contribution in [-0.4, -0.2) is 16.5 Å². The van der Waals surface area contributed by atoms with E-state index in [9.17, 15) is 0 Å². The van der Waals surface area contributed by atoms with Crippen LogP contribution in [0, 0.1) is 6.92 Å². The van der Waals surface area contributed by atoms with Gasteiger partial charge in [0.25, 0.3) is 0 Å². The lowest BCUT2D eigenvalue weighted by atomic mass is 10.2. The van der Waals surface area contributed by atoms with E-state index in [0.29, 0.717) is 0 Å². The van der Waals surface area contributed by atoms with Crippen LogP contribution in [0.4, 0.5) is 11.6 Å². The van der Waals surface area contributed by atoms with Crippen LogP contribution >= 0.6 is 11.3 Å². The molecule has 108 valence electrons. The number of aryl methyl sites for hydroxylation is 1. The maximum Gasteiger partial charge on any atom is 0.134 e. The van der Waals surface area contributed by atoms with E-state index in [1.165, 1.54) is 10.4 Å². The molecule has 0 aromatic carbocycles. The third kappa shape index (κ3) is 3.48. The van der Waals surface area contributed by atoms with Crippen LogP contribution in [0.5, 0.6) is 0 Å². The smallest absolute Gasteiger partial charge is 0.134 e. The van der Waals surface area contributed by atoms with Crippen molar-refractivity contribution in [1.82, 2.24) is 9.97 Å². The number of anilines is 2. The summed E-state index contributed by atoms with van der Waals surface area (Å²) in [5.74, 6) is 1.83. The molecule has 0 fully saturated rings. The highest BCUT2D eigenvalue weighted by Crippen LogP contribution is 2.22. The van der Waals surface area contributed by atoms with E-state index in [1.54, 1.807) is 17.7 Å². The van der Waals surface area contributed by atoms with Gasteiger partial charge in [-0.05, 0) is 36.8 Å². The molecule has 2 N–H and O–H groups in total. The van der Waals surface area contributed by atoms with Crippen LogP contribution in [0.15, 0.2) is 17.8 Å². The van der Waals surface area contributed by atoms with E-state index in [0.717, 1.165) is 43.1 Å². The zero-order valence-electron chi connectivity index (χ0n) is 12.4. The molecule has 0 aliphatic heterocycles. The van der Waals surface area contributed by atoms with Gasteiger partial charge >= 0.3 is 0 Å². The predicted octanol–water partition coefficient (Wildman–Crippen LogP) is 3.84. The number of rotatable bonds is 7. The van der Waals surface area contributed by atoms with Crippen molar-refractivity contribution in [2.45, 2.75) is 40.2 Å². The minimum absolute atomic E-state index is 0.825. The lowest BCUT2D eigenvalue weighted by Crippen LogP contribution is -2.09. The molecule has 0 spiro atoms. The Labute approximate surface area is 124 Å². The Balaban J connectivity index is 2.06. The minimum atomic E-state index is 0.825. The van der Waals surface area contributed by atoms with Crippen LogP contribution in [0.25, 0.3) is 0 Å². The van der Waals surface area contributed by atoms with Gasteiger partial charge in [0.15, 0.2) is 0 Å². The molecule has 2 aromatic heterocycles. The number of nitrogens with zero attached hydrogens (tertiary/aromatic N) is 2. The topological polar surface area (TPSA) is 49.8 Å². The lowest BCUT2D eigenvalue weighted by Gasteiger charge is -2.12. The van der Waals surface area contributed by atoms with Crippen molar-refractivity contribution in [3.63, 3.8) is 0 Å². The van der Waals surface area contributed by atoms with Crippen LogP contribution in [0.3, 0.4) is 0 Å².